The maximum absolute atomic E-state index is 10.4. The molecule has 17 heavy (non-hydrogen) atoms. The van der Waals surface area contributed by atoms with Crippen LogP contribution in [0.4, 0.5) is 0 Å². The summed E-state index contributed by atoms with van der Waals surface area (Å²) < 4.78 is -0.0667. The van der Waals surface area contributed by atoms with Crippen molar-refractivity contribution in [3.8, 4) is 0 Å². The second kappa shape index (κ2) is 5.21. The molecular weight excluding hydrogens is 353 g/mol. The van der Waals surface area contributed by atoms with E-state index in [1.165, 1.54) is 0 Å². The second-order valence-corrected chi connectivity index (χ2v) is 7.45. The average Bonchev–Trinajstić information content (AvgIpc) is 2.66. The summed E-state index contributed by atoms with van der Waals surface area (Å²) in [6.07, 6.45) is 2.96. The van der Waals surface area contributed by atoms with E-state index in [9.17, 15) is 4.79 Å². The first kappa shape index (κ1) is 13.3. The molecule has 7 heteroatoms. The molecular formula is C10H16IN3O2S. The van der Waals surface area contributed by atoms with Gasteiger partial charge in [0.1, 0.15) is 3.55 Å². The fourth-order valence-electron chi connectivity index (χ4n) is 2.29. The van der Waals surface area contributed by atoms with Gasteiger partial charge in [0, 0.05) is 17.4 Å². The summed E-state index contributed by atoms with van der Waals surface area (Å²) in [6, 6.07) is 0.324. The summed E-state index contributed by atoms with van der Waals surface area (Å²) in [6.45, 7) is 0. The number of halogens is 1. The van der Waals surface area contributed by atoms with Crippen molar-refractivity contribution in [1.82, 2.24) is 10.6 Å². The molecule has 0 radical (unpaired) electrons. The van der Waals surface area contributed by atoms with Crippen molar-refractivity contribution in [1.29, 1.82) is 5.41 Å². The van der Waals surface area contributed by atoms with Crippen LogP contribution in [-0.2, 0) is 4.79 Å². The summed E-state index contributed by atoms with van der Waals surface area (Å²) in [5, 5.41) is 23.0. The van der Waals surface area contributed by atoms with E-state index in [2.05, 4.69) is 33.2 Å². The van der Waals surface area contributed by atoms with E-state index < -0.39 is 5.97 Å². The Bertz CT molecular complexity index is 342. The van der Waals surface area contributed by atoms with Crippen LogP contribution >= 0.6 is 34.4 Å². The molecule has 0 amide bonds. The Labute approximate surface area is 118 Å². The van der Waals surface area contributed by atoms with E-state index in [1.807, 2.05) is 11.8 Å². The van der Waals surface area contributed by atoms with Crippen LogP contribution in [0.5, 0.6) is 0 Å². The molecule has 3 atom stereocenters. The molecule has 4 N–H and O–H groups in total. The number of thioether (sulfide) groups is 1. The van der Waals surface area contributed by atoms with Crippen LogP contribution in [-0.4, -0.2) is 37.6 Å². The molecule has 0 aliphatic carbocycles. The van der Waals surface area contributed by atoms with E-state index in [4.69, 9.17) is 10.5 Å². The number of alkyl halides is 1. The molecule has 96 valence electrons. The van der Waals surface area contributed by atoms with Crippen molar-refractivity contribution >= 4 is 46.3 Å². The smallest absolute Gasteiger partial charge is 0.303 e. The van der Waals surface area contributed by atoms with Gasteiger partial charge >= 0.3 is 5.97 Å². The van der Waals surface area contributed by atoms with Gasteiger partial charge in [-0.1, -0.05) is 29.0 Å². The van der Waals surface area contributed by atoms with Gasteiger partial charge in [0.25, 0.3) is 0 Å². The molecule has 1 unspecified atom stereocenters. The minimum absolute atomic E-state index is 0.0667. The fraction of sp³-hybridized carbons (Fsp3) is 0.800. The van der Waals surface area contributed by atoms with Crippen LogP contribution in [0.2, 0.25) is 0 Å². The number of rotatable bonds is 5. The fourth-order valence-corrected chi connectivity index (χ4v) is 5.66. The Morgan fingerprint density at radius 2 is 2.41 bits per heavy atom. The van der Waals surface area contributed by atoms with Crippen molar-refractivity contribution in [2.45, 2.75) is 40.5 Å². The summed E-state index contributed by atoms with van der Waals surface area (Å²) in [5.41, 5.74) is 0. The lowest BCUT2D eigenvalue weighted by Gasteiger charge is -2.27. The first-order chi connectivity index (χ1) is 8.02. The summed E-state index contributed by atoms with van der Waals surface area (Å²) in [5.74, 6) is 0.718. The number of fused-ring (bicyclic) bond motifs is 1. The van der Waals surface area contributed by atoms with Gasteiger partial charge in [-0.2, -0.15) is 11.8 Å². The lowest BCUT2D eigenvalue weighted by Crippen LogP contribution is -2.47. The zero-order valence-corrected chi connectivity index (χ0v) is 12.3. The van der Waals surface area contributed by atoms with Crippen molar-refractivity contribution in [2.24, 2.45) is 0 Å². The SMILES string of the molecule is N=C1N[C@H]2CSC(CCCCC(=O)O)[C@@]2(I)N1. The lowest BCUT2D eigenvalue weighted by atomic mass is 10.0. The van der Waals surface area contributed by atoms with Crippen molar-refractivity contribution in [2.75, 3.05) is 5.75 Å². The number of guanidine groups is 1. The molecule has 0 bridgehead atoms. The van der Waals surface area contributed by atoms with Gasteiger partial charge in [0.15, 0.2) is 5.96 Å². The molecule has 5 nitrogen and oxygen atoms in total. The summed E-state index contributed by atoms with van der Waals surface area (Å²) in [7, 11) is 0. The number of carbonyl (C=O) groups is 1. The van der Waals surface area contributed by atoms with E-state index in [0.717, 1.165) is 25.0 Å². The first-order valence-electron chi connectivity index (χ1n) is 5.68. The summed E-state index contributed by atoms with van der Waals surface area (Å²) in [4.78, 5) is 10.4. The van der Waals surface area contributed by atoms with Crippen molar-refractivity contribution in [3.63, 3.8) is 0 Å². The van der Waals surface area contributed by atoms with E-state index in [-0.39, 0.29) is 9.97 Å². The Morgan fingerprint density at radius 1 is 1.65 bits per heavy atom. The largest absolute Gasteiger partial charge is 0.481 e. The molecule has 0 aromatic carbocycles. The average molecular weight is 369 g/mol. The predicted octanol–water partition coefficient (Wildman–Crippen LogP) is 1.37. The quantitative estimate of drug-likeness (QED) is 0.255. The van der Waals surface area contributed by atoms with Crippen LogP contribution in [0.3, 0.4) is 0 Å². The standard InChI is InChI=1S/C10H16IN3O2S/c11-10-6(13-9(12)14-10)5-17-7(10)3-1-2-4-8(15)16/h6-7H,1-5H2,(H,15,16)(H3,12,13,14)/t6-,7?,10-/m0/s1. The number of nitrogens with one attached hydrogen (secondary N) is 3. The molecule has 0 spiro atoms. The number of hydrogen-bond donors (Lipinski definition) is 4. The van der Waals surface area contributed by atoms with Crippen molar-refractivity contribution in [3.05, 3.63) is 0 Å². The molecule has 2 saturated heterocycles. The highest BCUT2D eigenvalue weighted by Crippen LogP contribution is 2.45. The van der Waals surface area contributed by atoms with Gasteiger partial charge in [-0.15, -0.1) is 0 Å². The number of carboxylic acids is 1. The third-order valence-corrected chi connectivity index (χ3v) is 6.91. The zero-order valence-electron chi connectivity index (χ0n) is 9.33. The van der Waals surface area contributed by atoms with Crippen LogP contribution in [0.1, 0.15) is 25.7 Å². The molecule has 2 heterocycles. The maximum Gasteiger partial charge on any atom is 0.303 e. The van der Waals surface area contributed by atoms with Gasteiger partial charge in [0.05, 0.1) is 6.04 Å². The molecule has 0 aromatic heterocycles. The Hall–Kier alpha value is -0.180. The Kier molecular flexibility index (Phi) is 4.06. The Morgan fingerprint density at radius 3 is 3.12 bits per heavy atom. The molecule has 2 aliphatic heterocycles. The minimum Gasteiger partial charge on any atom is -0.481 e. The number of carboxylic acid groups (broad SMARTS) is 1. The maximum atomic E-state index is 10.4. The van der Waals surface area contributed by atoms with Crippen LogP contribution < -0.4 is 10.6 Å². The second-order valence-electron chi connectivity index (χ2n) is 4.43. The highest BCUT2D eigenvalue weighted by Gasteiger charge is 2.53. The highest BCUT2D eigenvalue weighted by molar-refractivity contribution is 14.1. The number of aliphatic carboxylic acids is 1. The third kappa shape index (κ3) is 2.81. The van der Waals surface area contributed by atoms with Crippen molar-refractivity contribution < 1.29 is 9.90 Å². The first-order valence-corrected chi connectivity index (χ1v) is 7.80. The summed E-state index contributed by atoms with van der Waals surface area (Å²) >= 11 is 4.33. The molecule has 0 saturated carbocycles. The monoisotopic (exact) mass is 369 g/mol. The van der Waals surface area contributed by atoms with Gasteiger partial charge < -0.3 is 15.7 Å². The van der Waals surface area contributed by atoms with Gasteiger partial charge in [-0.05, 0) is 12.8 Å². The normalized spacial score (nSPS) is 35.2. The third-order valence-electron chi connectivity index (χ3n) is 3.18. The minimum atomic E-state index is -0.714. The van der Waals surface area contributed by atoms with Crippen LogP contribution in [0.25, 0.3) is 0 Å². The molecule has 2 fully saturated rings. The molecule has 2 rings (SSSR count). The lowest BCUT2D eigenvalue weighted by molar-refractivity contribution is -0.137. The topological polar surface area (TPSA) is 85.2 Å². The molecule has 0 aromatic rings. The van der Waals surface area contributed by atoms with Gasteiger partial charge in [-0.25, -0.2) is 0 Å². The van der Waals surface area contributed by atoms with E-state index in [0.29, 0.717) is 17.3 Å². The van der Waals surface area contributed by atoms with Crippen LogP contribution in [0.15, 0.2) is 0 Å². The Balaban J connectivity index is 1.82. The van der Waals surface area contributed by atoms with Gasteiger partial charge in [-0.3, -0.25) is 10.2 Å². The zero-order chi connectivity index (χ0) is 12.5. The molecule has 2 aliphatic rings. The van der Waals surface area contributed by atoms with Crippen LogP contribution in [0, 0.1) is 5.41 Å². The number of unbranched alkanes of at least 4 members (excludes halogenated alkanes) is 1. The van der Waals surface area contributed by atoms with E-state index in [1.54, 1.807) is 0 Å². The highest BCUT2D eigenvalue weighted by atomic mass is 127. The van der Waals surface area contributed by atoms with Gasteiger partial charge in [0.2, 0.25) is 0 Å². The van der Waals surface area contributed by atoms with E-state index >= 15 is 0 Å². The predicted molar refractivity (Wildman–Crippen MR) is 76.9 cm³/mol. The number of hydrogen-bond acceptors (Lipinski definition) is 3.